The lowest BCUT2D eigenvalue weighted by atomic mass is 10.2. The van der Waals surface area contributed by atoms with Gasteiger partial charge in [0.05, 0.1) is 18.1 Å². The summed E-state index contributed by atoms with van der Waals surface area (Å²) in [6, 6.07) is 11.9. The maximum atomic E-state index is 5.91. The second-order valence-corrected chi connectivity index (χ2v) is 6.62. The second-order valence-electron chi connectivity index (χ2n) is 5.67. The fourth-order valence-corrected chi connectivity index (χ4v) is 3.53. The van der Waals surface area contributed by atoms with E-state index in [9.17, 15) is 0 Å². The van der Waals surface area contributed by atoms with Gasteiger partial charge in [0.2, 0.25) is 5.89 Å². The Labute approximate surface area is 146 Å². The highest BCUT2D eigenvalue weighted by molar-refractivity contribution is 7.13. The zero-order valence-corrected chi connectivity index (χ0v) is 14.0. The number of benzene rings is 1. The maximum absolute atomic E-state index is 5.91. The van der Waals surface area contributed by atoms with Crippen molar-refractivity contribution < 1.29 is 13.6 Å². The van der Waals surface area contributed by atoms with Gasteiger partial charge in [-0.2, -0.15) is 4.98 Å². The lowest BCUT2D eigenvalue weighted by Gasteiger charge is -2.31. The van der Waals surface area contributed by atoms with Gasteiger partial charge in [0.25, 0.3) is 11.9 Å². The van der Waals surface area contributed by atoms with E-state index in [1.54, 1.807) is 11.3 Å². The van der Waals surface area contributed by atoms with E-state index in [0.717, 1.165) is 16.0 Å². The first-order valence-corrected chi connectivity index (χ1v) is 8.84. The fraction of sp³-hybridized carbons (Fsp3) is 0.235. The number of ether oxygens (including phenoxy) is 1. The molecule has 4 aromatic rings. The standard InChI is InChI=1S/C17H14N4O3S/c1-2-5-13-11(4-1)18-17(23-13)21-7-8-22-10-12(21)15-19-20-16(24-15)14-6-3-9-25-14/h1-6,9,12H,7-8,10H2/t12-/m0/s1. The van der Waals surface area contributed by atoms with Crippen LogP contribution in [-0.2, 0) is 4.74 Å². The summed E-state index contributed by atoms with van der Waals surface area (Å²) in [4.78, 5) is 7.56. The molecule has 0 aliphatic carbocycles. The average Bonchev–Trinajstić information content (AvgIpc) is 3.40. The molecule has 4 heterocycles. The van der Waals surface area contributed by atoms with Crippen molar-refractivity contribution in [3.05, 3.63) is 47.7 Å². The summed E-state index contributed by atoms with van der Waals surface area (Å²) in [5.74, 6) is 1.03. The Morgan fingerprint density at radius 2 is 2.04 bits per heavy atom. The SMILES string of the molecule is c1csc(-c2nnc([C@@H]3COCCN3c3nc4ccccc4o3)o2)c1. The molecule has 1 aliphatic heterocycles. The molecule has 0 unspecified atom stereocenters. The Balaban J connectivity index is 1.50. The summed E-state index contributed by atoms with van der Waals surface area (Å²) < 4.78 is 17.4. The van der Waals surface area contributed by atoms with E-state index in [2.05, 4.69) is 15.2 Å². The molecule has 1 fully saturated rings. The van der Waals surface area contributed by atoms with E-state index in [-0.39, 0.29) is 6.04 Å². The van der Waals surface area contributed by atoms with Gasteiger partial charge in [0.1, 0.15) is 11.6 Å². The third-order valence-electron chi connectivity index (χ3n) is 4.11. The Kier molecular flexibility index (Phi) is 3.50. The minimum absolute atomic E-state index is 0.219. The lowest BCUT2D eigenvalue weighted by Crippen LogP contribution is -2.40. The molecular formula is C17H14N4O3S. The van der Waals surface area contributed by atoms with Crippen LogP contribution in [0.25, 0.3) is 21.9 Å². The molecule has 0 spiro atoms. The van der Waals surface area contributed by atoms with Crippen molar-refractivity contribution in [3.63, 3.8) is 0 Å². The number of aromatic nitrogens is 3. The predicted molar refractivity (Wildman–Crippen MR) is 92.5 cm³/mol. The van der Waals surface area contributed by atoms with Crippen LogP contribution in [0.4, 0.5) is 6.01 Å². The minimum atomic E-state index is -0.219. The van der Waals surface area contributed by atoms with Crippen molar-refractivity contribution in [2.45, 2.75) is 6.04 Å². The van der Waals surface area contributed by atoms with Gasteiger partial charge < -0.3 is 18.5 Å². The van der Waals surface area contributed by atoms with Crippen LogP contribution < -0.4 is 4.90 Å². The molecule has 126 valence electrons. The summed E-state index contributed by atoms with van der Waals surface area (Å²) >= 11 is 1.56. The quantitative estimate of drug-likeness (QED) is 0.557. The van der Waals surface area contributed by atoms with Gasteiger partial charge in [-0.05, 0) is 23.6 Å². The van der Waals surface area contributed by atoms with Crippen LogP contribution in [0, 0.1) is 0 Å². The number of anilines is 1. The Morgan fingerprint density at radius 3 is 2.92 bits per heavy atom. The van der Waals surface area contributed by atoms with E-state index in [4.69, 9.17) is 13.6 Å². The number of para-hydroxylation sites is 2. The van der Waals surface area contributed by atoms with Crippen molar-refractivity contribution in [2.75, 3.05) is 24.7 Å². The van der Waals surface area contributed by atoms with Crippen molar-refractivity contribution in [1.29, 1.82) is 0 Å². The molecule has 0 N–H and O–H groups in total. The molecule has 3 aromatic heterocycles. The number of nitrogens with zero attached hydrogens (tertiary/aromatic N) is 4. The third-order valence-corrected chi connectivity index (χ3v) is 4.97. The van der Waals surface area contributed by atoms with Crippen molar-refractivity contribution in [1.82, 2.24) is 15.2 Å². The van der Waals surface area contributed by atoms with Crippen molar-refractivity contribution in [3.8, 4) is 10.8 Å². The molecule has 1 atom stereocenters. The summed E-state index contributed by atoms with van der Waals surface area (Å²) in [7, 11) is 0. The van der Waals surface area contributed by atoms with Crippen LogP contribution in [0.3, 0.4) is 0 Å². The number of hydrogen-bond acceptors (Lipinski definition) is 8. The van der Waals surface area contributed by atoms with Gasteiger partial charge in [-0.25, -0.2) is 0 Å². The maximum Gasteiger partial charge on any atom is 0.299 e. The Hall–Kier alpha value is -2.71. The number of oxazole rings is 1. The summed E-state index contributed by atoms with van der Waals surface area (Å²) in [6.45, 7) is 1.69. The monoisotopic (exact) mass is 354 g/mol. The predicted octanol–water partition coefficient (Wildman–Crippen LogP) is 3.52. The molecule has 1 saturated heterocycles. The molecule has 0 radical (unpaired) electrons. The van der Waals surface area contributed by atoms with E-state index >= 15 is 0 Å². The highest BCUT2D eigenvalue weighted by Gasteiger charge is 2.32. The molecule has 0 bridgehead atoms. The average molecular weight is 354 g/mol. The van der Waals surface area contributed by atoms with Gasteiger partial charge >= 0.3 is 0 Å². The van der Waals surface area contributed by atoms with Gasteiger partial charge in [-0.1, -0.05) is 18.2 Å². The van der Waals surface area contributed by atoms with Gasteiger partial charge in [-0.3, -0.25) is 0 Å². The van der Waals surface area contributed by atoms with E-state index in [1.165, 1.54) is 0 Å². The van der Waals surface area contributed by atoms with Crippen LogP contribution in [0.5, 0.6) is 0 Å². The molecule has 25 heavy (non-hydrogen) atoms. The highest BCUT2D eigenvalue weighted by atomic mass is 32.1. The fourth-order valence-electron chi connectivity index (χ4n) is 2.89. The van der Waals surface area contributed by atoms with Crippen molar-refractivity contribution >= 4 is 28.5 Å². The summed E-state index contributed by atoms with van der Waals surface area (Å²) in [6.07, 6.45) is 0. The molecular weight excluding hydrogens is 340 g/mol. The number of morpholine rings is 1. The van der Waals surface area contributed by atoms with E-state index in [1.807, 2.05) is 46.7 Å². The van der Waals surface area contributed by atoms with Crippen LogP contribution in [0.2, 0.25) is 0 Å². The second kappa shape index (κ2) is 5.98. The Morgan fingerprint density at radius 1 is 1.08 bits per heavy atom. The largest absolute Gasteiger partial charge is 0.423 e. The van der Waals surface area contributed by atoms with Crippen LogP contribution in [0.15, 0.2) is 50.6 Å². The molecule has 5 rings (SSSR count). The van der Waals surface area contributed by atoms with Crippen LogP contribution in [-0.4, -0.2) is 34.9 Å². The molecule has 0 saturated carbocycles. The molecule has 7 nitrogen and oxygen atoms in total. The lowest BCUT2D eigenvalue weighted by molar-refractivity contribution is 0.0834. The smallest absolute Gasteiger partial charge is 0.299 e. The molecule has 0 amide bonds. The molecule has 1 aliphatic rings. The van der Waals surface area contributed by atoms with Gasteiger partial charge in [-0.15, -0.1) is 21.5 Å². The highest BCUT2D eigenvalue weighted by Crippen LogP contribution is 2.32. The van der Waals surface area contributed by atoms with E-state index < -0.39 is 0 Å². The molecule has 1 aromatic carbocycles. The van der Waals surface area contributed by atoms with Crippen molar-refractivity contribution in [2.24, 2.45) is 0 Å². The first kappa shape index (κ1) is 14.6. The minimum Gasteiger partial charge on any atom is -0.423 e. The van der Waals surface area contributed by atoms with Crippen LogP contribution in [0.1, 0.15) is 11.9 Å². The summed E-state index contributed by atoms with van der Waals surface area (Å²) in [5.41, 5.74) is 1.58. The number of rotatable bonds is 3. The topological polar surface area (TPSA) is 77.4 Å². The number of hydrogen-bond donors (Lipinski definition) is 0. The molecule has 8 heteroatoms. The number of thiophene rings is 1. The number of fused-ring (bicyclic) bond motifs is 1. The summed E-state index contributed by atoms with van der Waals surface area (Å²) in [5, 5.41) is 10.4. The van der Waals surface area contributed by atoms with Gasteiger partial charge in [0, 0.05) is 6.54 Å². The van der Waals surface area contributed by atoms with Crippen LogP contribution >= 0.6 is 11.3 Å². The Bertz CT molecular complexity index is 961. The first-order valence-electron chi connectivity index (χ1n) is 7.96. The first-order chi connectivity index (χ1) is 12.4. The third kappa shape index (κ3) is 2.59. The zero-order valence-electron chi connectivity index (χ0n) is 13.2. The van der Waals surface area contributed by atoms with E-state index in [0.29, 0.717) is 37.6 Å². The zero-order chi connectivity index (χ0) is 16.6. The normalized spacial score (nSPS) is 18.1. The van der Waals surface area contributed by atoms with Gasteiger partial charge in [0.15, 0.2) is 5.58 Å².